The lowest BCUT2D eigenvalue weighted by molar-refractivity contribution is -0.134. The second-order valence-electron chi connectivity index (χ2n) is 7.87. The summed E-state index contributed by atoms with van der Waals surface area (Å²) in [7, 11) is 4.04. The molecule has 2 aromatic rings. The number of aromatic nitrogens is 2. The molecule has 0 saturated carbocycles. The monoisotopic (exact) mass is 395 g/mol. The van der Waals surface area contributed by atoms with Gasteiger partial charge in [0.2, 0.25) is 0 Å². The molecule has 2 aliphatic rings. The molecule has 2 aliphatic heterocycles. The van der Waals surface area contributed by atoms with Gasteiger partial charge >= 0.3 is 0 Å². The molecule has 7 heteroatoms. The fraction of sp³-hybridized carbons (Fsp3) is 0.500. The predicted octanol–water partition coefficient (Wildman–Crippen LogP) is 2.29. The lowest BCUT2D eigenvalue weighted by Gasteiger charge is -2.32. The van der Waals surface area contributed by atoms with Crippen molar-refractivity contribution < 1.29 is 9.53 Å². The van der Waals surface area contributed by atoms with Crippen molar-refractivity contribution in [3.05, 3.63) is 47.4 Å². The van der Waals surface area contributed by atoms with Gasteiger partial charge in [0, 0.05) is 38.0 Å². The Balaban J connectivity index is 1.46. The van der Waals surface area contributed by atoms with Gasteiger partial charge in [-0.3, -0.25) is 4.79 Å². The van der Waals surface area contributed by atoms with E-state index in [1.807, 2.05) is 42.3 Å². The number of nitrogens with zero attached hydrogens (tertiary/aromatic N) is 4. The molecule has 1 unspecified atom stereocenters. The van der Waals surface area contributed by atoms with E-state index in [4.69, 9.17) is 14.7 Å². The number of likely N-dealkylation sites (tertiary alicyclic amines) is 1. The number of piperidine rings is 1. The van der Waals surface area contributed by atoms with Crippen molar-refractivity contribution in [1.82, 2.24) is 19.8 Å². The minimum atomic E-state index is -0.0143. The number of nitrogens with one attached hydrogen (secondary N) is 1. The summed E-state index contributed by atoms with van der Waals surface area (Å²) in [4.78, 5) is 26.6. The maximum absolute atomic E-state index is 12.7. The number of likely N-dealkylation sites (N-methyl/N-ethyl adjacent to an activating group) is 1. The van der Waals surface area contributed by atoms with Crippen LogP contribution in [0.4, 0.5) is 5.82 Å². The number of para-hydroxylation sites is 1. The van der Waals surface area contributed by atoms with Crippen molar-refractivity contribution in [2.75, 3.05) is 45.7 Å². The molecule has 1 aromatic carbocycles. The van der Waals surface area contributed by atoms with E-state index in [0.29, 0.717) is 24.8 Å². The molecule has 29 heavy (non-hydrogen) atoms. The van der Waals surface area contributed by atoms with E-state index in [9.17, 15) is 4.79 Å². The molecule has 1 aromatic heterocycles. The largest absolute Gasteiger partial charge is 0.484 e. The number of carbonyl (C=O) groups is 1. The molecule has 3 heterocycles. The second kappa shape index (κ2) is 8.78. The van der Waals surface area contributed by atoms with Gasteiger partial charge in [0.1, 0.15) is 17.4 Å². The van der Waals surface area contributed by atoms with E-state index < -0.39 is 0 Å². The average molecular weight is 396 g/mol. The van der Waals surface area contributed by atoms with Crippen LogP contribution in [0.15, 0.2) is 30.3 Å². The highest BCUT2D eigenvalue weighted by molar-refractivity contribution is 5.78. The Kier molecular flexibility index (Phi) is 5.94. The summed E-state index contributed by atoms with van der Waals surface area (Å²) in [6.07, 6.45) is 3.06. The minimum absolute atomic E-state index is 0.0143. The first kappa shape index (κ1) is 19.6. The topological polar surface area (TPSA) is 70.6 Å². The summed E-state index contributed by atoms with van der Waals surface area (Å²) in [5.41, 5.74) is 2.10. The van der Waals surface area contributed by atoms with Gasteiger partial charge in [-0.1, -0.05) is 18.2 Å². The fourth-order valence-corrected chi connectivity index (χ4v) is 4.17. The van der Waals surface area contributed by atoms with Crippen LogP contribution >= 0.6 is 0 Å². The molecule has 1 saturated heterocycles. The number of ether oxygens (including phenoxy) is 1. The van der Waals surface area contributed by atoms with E-state index in [1.54, 1.807) is 0 Å². The number of hydrogen-bond acceptors (Lipinski definition) is 6. The van der Waals surface area contributed by atoms with Crippen molar-refractivity contribution in [3.8, 4) is 5.75 Å². The maximum atomic E-state index is 12.7. The third-order valence-electron chi connectivity index (χ3n) is 5.76. The van der Waals surface area contributed by atoms with Crippen LogP contribution in [0, 0.1) is 0 Å². The minimum Gasteiger partial charge on any atom is -0.484 e. The Morgan fingerprint density at radius 1 is 1.24 bits per heavy atom. The summed E-state index contributed by atoms with van der Waals surface area (Å²) in [5.74, 6) is 2.86. The average Bonchev–Trinajstić information content (AvgIpc) is 2.77. The van der Waals surface area contributed by atoms with Crippen LogP contribution in [-0.4, -0.2) is 66.0 Å². The van der Waals surface area contributed by atoms with Crippen LogP contribution in [0.25, 0.3) is 0 Å². The number of fused-ring (bicyclic) bond motifs is 1. The van der Waals surface area contributed by atoms with E-state index in [2.05, 4.69) is 17.3 Å². The van der Waals surface area contributed by atoms with Gasteiger partial charge in [-0.2, -0.15) is 0 Å². The van der Waals surface area contributed by atoms with Crippen molar-refractivity contribution in [2.45, 2.75) is 31.7 Å². The molecule has 0 aliphatic carbocycles. The summed E-state index contributed by atoms with van der Waals surface area (Å²) < 4.78 is 5.63. The zero-order valence-corrected chi connectivity index (χ0v) is 17.2. The van der Waals surface area contributed by atoms with E-state index >= 15 is 0 Å². The van der Waals surface area contributed by atoms with Crippen molar-refractivity contribution in [1.29, 1.82) is 0 Å². The van der Waals surface area contributed by atoms with Gasteiger partial charge in [0.25, 0.3) is 5.91 Å². The lowest BCUT2D eigenvalue weighted by atomic mass is 9.96. The van der Waals surface area contributed by atoms with Crippen molar-refractivity contribution >= 4 is 11.7 Å². The quantitative estimate of drug-likeness (QED) is 0.838. The number of hydrogen-bond donors (Lipinski definition) is 1. The molecule has 0 spiro atoms. The Labute approximate surface area is 172 Å². The fourth-order valence-electron chi connectivity index (χ4n) is 4.17. The van der Waals surface area contributed by atoms with Gasteiger partial charge in [0.05, 0.1) is 12.2 Å². The van der Waals surface area contributed by atoms with Crippen molar-refractivity contribution in [3.63, 3.8) is 0 Å². The number of amides is 1. The predicted molar refractivity (Wildman–Crippen MR) is 112 cm³/mol. The Hall–Kier alpha value is -2.67. The molecule has 154 valence electrons. The first-order chi connectivity index (χ1) is 14.1. The molecule has 7 nitrogen and oxygen atoms in total. The first-order valence-electron chi connectivity index (χ1n) is 10.4. The molecule has 0 radical (unpaired) electrons. The van der Waals surface area contributed by atoms with Crippen molar-refractivity contribution in [2.24, 2.45) is 0 Å². The zero-order valence-electron chi connectivity index (χ0n) is 17.2. The van der Waals surface area contributed by atoms with E-state index in [0.717, 1.165) is 48.8 Å². The third kappa shape index (κ3) is 4.50. The maximum Gasteiger partial charge on any atom is 0.260 e. The van der Waals surface area contributed by atoms with Gasteiger partial charge in [0.15, 0.2) is 6.61 Å². The lowest BCUT2D eigenvalue weighted by Crippen LogP contribution is -2.40. The molecular weight excluding hydrogens is 366 g/mol. The van der Waals surface area contributed by atoms with E-state index in [-0.39, 0.29) is 12.5 Å². The molecule has 1 amide bonds. The molecule has 4 rings (SSSR count). The first-order valence-corrected chi connectivity index (χ1v) is 10.4. The second-order valence-corrected chi connectivity index (χ2v) is 7.87. The van der Waals surface area contributed by atoms with Crippen LogP contribution in [0.1, 0.15) is 35.8 Å². The molecule has 1 N–H and O–H groups in total. The highest BCUT2D eigenvalue weighted by Gasteiger charge is 2.28. The highest BCUT2D eigenvalue weighted by atomic mass is 16.5. The van der Waals surface area contributed by atoms with Crippen LogP contribution in [0.3, 0.4) is 0 Å². The summed E-state index contributed by atoms with van der Waals surface area (Å²) in [6, 6.07) is 9.44. The number of rotatable bonds is 5. The Morgan fingerprint density at radius 2 is 2.07 bits per heavy atom. The Morgan fingerprint density at radius 3 is 2.83 bits per heavy atom. The van der Waals surface area contributed by atoms with Gasteiger partial charge in [-0.15, -0.1) is 0 Å². The van der Waals surface area contributed by atoms with Gasteiger partial charge in [-0.25, -0.2) is 9.97 Å². The van der Waals surface area contributed by atoms with Gasteiger partial charge in [-0.05, 0) is 38.6 Å². The molecular formula is C22H29N5O2. The SMILES string of the molecule is CNc1nc(C2CCCN(C)C2)nc2c1CN(C(=O)COc1ccccc1)CC2. The summed E-state index contributed by atoms with van der Waals surface area (Å²) in [5, 5.41) is 3.23. The smallest absolute Gasteiger partial charge is 0.260 e. The van der Waals surface area contributed by atoms with Crippen LogP contribution in [0.5, 0.6) is 5.75 Å². The summed E-state index contributed by atoms with van der Waals surface area (Å²) >= 11 is 0. The van der Waals surface area contributed by atoms with Crippen LogP contribution in [0.2, 0.25) is 0 Å². The number of anilines is 1. The zero-order chi connectivity index (χ0) is 20.2. The standard InChI is InChI=1S/C22H29N5O2/c1-23-22-18-14-27(20(28)15-29-17-8-4-3-5-9-17)12-10-19(18)24-21(25-22)16-7-6-11-26(2)13-16/h3-5,8-9,16H,6-7,10-15H2,1-2H3,(H,23,24,25). The Bertz CT molecular complexity index is 841. The van der Waals surface area contributed by atoms with E-state index in [1.165, 1.54) is 6.42 Å². The number of benzene rings is 1. The normalized spacial score (nSPS) is 19.5. The van der Waals surface area contributed by atoms with Gasteiger partial charge < -0.3 is 19.9 Å². The highest BCUT2D eigenvalue weighted by Crippen LogP contribution is 2.29. The summed E-state index contributed by atoms with van der Waals surface area (Å²) in [6.45, 7) is 3.37. The van der Waals surface area contributed by atoms with Crippen LogP contribution in [-0.2, 0) is 17.8 Å². The molecule has 1 fully saturated rings. The van der Waals surface area contributed by atoms with Crippen LogP contribution < -0.4 is 10.1 Å². The number of carbonyl (C=O) groups excluding carboxylic acids is 1. The third-order valence-corrected chi connectivity index (χ3v) is 5.76. The molecule has 0 bridgehead atoms. The molecule has 1 atom stereocenters.